The molecule has 0 N–H and O–H groups in total. The monoisotopic (exact) mass is 400 g/mol. The van der Waals surface area contributed by atoms with Gasteiger partial charge in [0.25, 0.3) is 5.91 Å². The maximum Gasteiger partial charge on any atom is 0.254 e. The van der Waals surface area contributed by atoms with Gasteiger partial charge in [-0.3, -0.25) is 4.79 Å². The number of hydrogen-bond donors (Lipinski definition) is 0. The molecule has 3 rings (SSSR count). The van der Waals surface area contributed by atoms with Gasteiger partial charge in [-0.25, -0.2) is 8.42 Å². The topological polar surface area (TPSA) is 57.7 Å². The zero-order chi connectivity index (χ0) is 20.1. The van der Waals surface area contributed by atoms with Crippen molar-refractivity contribution in [3.63, 3.8) is 0 Å². The maximum atomic E-state index is 13.2. The van der Waals surface area contributed by atoms with E-state index in [-0.39, 0.29) is 16.8 Å². The number of nitrogens with zero attached hydrogens (tertiary/aromatic N) is 2. The Kier molecular flexibility index (Phi) is 6.52. The van der Waals surface area contributed by atoms with Crippen LogP contribution < -0.4 is 0 Å². The first-order valence-corrected chi connectivity index (χ1v) is 11.3. The zero-order valence-electron chi connectivity index (χ0n) is 16.5. The summed E-state index contributed by atoms with van der Waals surface area (Å²) in [7, 11) is -3.56. The molecule has 1 fully saturated rings. The van der Waals surface area contributed by atoms with Crippen molar-refractivity contribution in [1.82, 2.24) is 9.21 Å². The van der Waals surface area contributed by atoms with E-state index in [1.807, 2.05) is 44.2 Å². The molecule has 2 aromatic carbocycles. The molecule has 5 nitrogen and oxygen atoms in total. The van der Waals surface area contributed by atoms with E-state index in [0.717, 1.165) is 24.8 Å². The van der Waals surface area contributed by atoms with Crippen LogP contribution in [0.25, 0.3) is 0 Å². The minimum absolute atomic E-state index is 0.00457. The van der Waals surface area contributed by atoms with E-state index in [2.05, 4.69) is 0 Å². The lowest BCUT2D eigenvalue weighted by molar-refractivity contribution is 0.0690. The molecule has 0 unspecified atom stereocenters. The van der Waals surface area contributed by atoms with Crippen molar-refractivity contribution >= 4 is 15.9 Å². The first kappa shape index (κ1) is 20.6. The van der Waals surface area contributed by atoms with Gasteiger partial charge in [-0.1, -0.05) is 42.8 Å². The lowest BCUT2D eigenvalue weighted by atomic mass is 10.1. The van der Waals surface area contributed by atoms with E-state index in [9.17, 15) is 13.2 Å². The molecule has 1 amide bonds. The summed E-state index contributed by atoms with van der Waals surface area (Å²) in [5.74, 6) is -0.158. The number of sulfonamides is 1. The molecular weight excluding hydrogens is 372 g/mol. The molecule has 0 spiro atoms. The third-order valence-electron chi connectivity index (χ3n) is 5.11. The van der Waals surface area contributed by atoms with Gasteiger partial charge in [0, 0.05) is 31.2 Å². The van der Waals surface area contributed by atoms with Crippen LogP contribution in [0.15, 0.2) is 59.5 Å². The van der Waals surface area contributed by atoms with Crippen molar-refractivity contribution in [2.45, 2.75) is 50.6 Å². The number of carbonyl (C=O) groups excluding carboxylic acids is 1. The maximum absolute atomic E-state index is 13.2. The highest BCUT2D eigenvalue weighted by molar-refractivity contribution is 7.89. The van der Waals surface area contributed by atoms with Crippen molar-refractivity contribution in [2.75, 3.05) is 13.1 Å². The van der Waals surface area contributed by atoms with Gasteiger partial charge in [-0.15, -0.1) is 0 Å². The number of amides is 1. The Hall–Kier alpha value is -2.18. The Balaban J connectivity index is 1.86. The summed E-state index contributed by atoms with van der Waals surface area (Å²) in [5, 5.41) is 0. The number of hydrogen-bond acceptors (Lipinski definition) is 3. The Morgan fingerprint density at radius 2 is 1.68 bits per heavy atom. The first-order chi connectivity index (χ1) is 13.4. The Morgan fingerprint density at radius 3 is 2.32 bits per heavy atom. The normalized spacial score (nSPS) is 15.5. The van der Waals surface area contributed by atoms with Gasteiger partial charge in [-0.2, -0.15) is 4.31 Å². The van der Waals surface area contributed by atoms with Crippen molar-refractivity contribution < 1.29 is 13.2 Å². The fraction of sp³-hybridized carbons (Fsp3) is 0.409. The van der Waals surface area contributed by atoms with E-state index in [0.29, 0.717) is 25.2 Å². The van der Waals surface area contributed by atoms with E-state index >= 15 is 0 Å². The van der Waals surface area contributed by atoms with Gasteiger partial charge in [0.05, 0.1) is 4.90 Å². The molecule has 28 heavy (non-hydrogen) atoms. The molecule has 2 aromatic rings. The van der Waals surface area contributed by atoms with Crippen LogP contribution in [-0.4, -0.2) is 42.7 Å². The molecular formula is C22H28N2O3S. The minimum Gasteiger partial charge on any atom is -0.332 e. The summed E-state index contributed by atoms with van der Waals surface area (Å²) in [6, 6.07) is 16.3. The summed E-state index contributed by atoms with van der Waals surface area (Å²) >= 11 is 0. The second kappa shape index (κ2) is 8.88. The van der Waals surface area contributed by atoms with Crippen LogP contribution in [0.5, 0.6) is 0 Å². The van der Waals surface area contributed by atoms with E-state index in [1.54, 1.807) is 23.1 Å². The molecule has 6 heteroatoms. The Bertz CT molecular complexity index is 904. The Morgan fingerprint density at radius 1 is 1.00 bits per heavy atom. The predicted octanol–water partition coefficient (Wildman–Crippen LogP) is 3.91. The minimum atomic E-state index is -3.56. The summed E-state index contributed by atoms with van der Waals surface area (Å²) < 4.78 is 27.4. The lowest BCUT2D eigenvalue weighted by Gasteiger charge is -2.28. The van der Waals surface area contributed by atoms with Gasteiger partial charge in [0.1, 0.15) is 0 Å². The van der Waals surface area contributed by atoms with Gasteiger partial charge < -0.3 is 4.90 Å². The highest BCUT2D eigenvalue weighted by Crippen LogP contribution is 2.22. The molecule has 0 aromatic heterocycles. The molecule has 0 atom stereocenters. The predicted molar refractivity (Wildman–Crippen MR) is 111 cm³/mol. The second-order valence-corrected chi connectivity index (χ2v) is 9.44. The number of benzene rings is 2. The fourth-order valence-corrected chi connectivity index (χ4v) is 5.04. The third kappa shape index (κ3) is 4.62. The highest BCUT2D eigenvalue weighted by Gasteiger charge is 2.27. The summed E-state index contributed by atoms with van der Waals surface area (Å²) in [6.45, 7) is 5.52. The number of rotatable bonds is 6. The van der Waals surface area contributed by atoms with Crippen LogP contribution in [0.2, 0.25) is 0 Å². The quantitative estimate of drug-likeness (QED) is 0.739. The Labute approximate surface area is 168 Å². The SMILES string of the molecule is CC(C)N(Cc1ccccc1)C(=O)c1cccc(S(=O)(=O)N2CCCCC2)c1. The average molecular weight is 401 g/mol. The van der Waals surface area contributed by atoms with Crippen LogP contribution in [0.4, 0.5) is 0 Å². The number of carbonyl (C=O) groups is 1. The molecule has 0 bridgehead atoms. The van der Waals surface area contributed by atoms with Crippen molar-refractivity contribution in [1.29, 1.82) is 0 Å². The molecule has 0 radical (unpaired) electrons. The molecule has 0 aliphatic carbocycles. The van der Waals surface area contributed by atoms with Gasteiger partial charge in [-0.05, 0) is 50.5 Å². The molecule has 1 saturated heterocycles. The summed E-state index contributed by atoms with van der Waals surface area (Å²) in [4.78, 5) is 15.1. The van der Waals surface area contributed by atoms with Crippen LogP contribution in [0.1, 0.15) is 49.0 Å². The molecule has 1 aliphatic heterocycles. The standard InChI is InChI=1S/C22H28N2O3S/c1-18(2)24(17-19-10-5-3-6-11-19)22(25)20-12-9-13-21(16-20)28(26,27)23-14-7-4-8-15-23/h3,5-6,9-13,16,18H,4,7-8,14-15,17H2,1-2H3. The third-order valence-corrected chi connectivity index (χ3v) is 7.01. The highest BCUT2D eigenvalue weighted by atomic mass is 32.2. The van der Waals surface area contributed by atoms with Crippen LogP contribution >= 0.6 is 0 Å². The van der Waals surface area contributed by atoms with E-state index in [1.165, 1.54) is 10.4 Å². The molecule has 0 saturated carbocycles. The molecule has 1 aliphatic rings. The molecule has 1 heterocycles. The molecule has 150 valence electrons. The van der Waals surface area contributed by atoms with Crippen molar-refractivity contribution in [2.24, 2.45) is 0 Å². The van der Waals surface area contributed by atoms with E-state index < -0.39 is 10.0 Å². The van der Waals surface area contributed by atoms with Crippen molar-refractivity contribution in [3.05, 3.63) is 65.7 Å². The van der Waals surface area contributed by atoms with Crippen LogP contribution in [-0.2, 0) is 16.6 Å². The largest absolute Gasteiger partial charge is 0.332 e. The van der Waals surface area contributed by atoms with Crippen LogP contribution in [0, 0.1) is 0 Å². The van der Waals surface area contributed by atoms with Crippen molar-refractivity contribution in [3.8, 4) is 0 Å². The second-order valence-electron chi connectivity index (χ2n) is 7.50. The lowest BCUT2D eigenvalue weighted by Crippen LogP contribution is -2.37. The van der Waals surface area contributed by atoms with Gasteiger partial charge >= 0.3 is 0 Å². The van der Waals surface area contributed by atoms with E-state index in [4.69, 9.17) is 0 Å². The van der Waals surface area contributed by atoms with Crippen LogP contribution in [0.3, 0.4) is 0 Å². The average Bonchev–Trinajstić information content (AvgIpc) is 2.73. The van der Waals surface area contributed by atoms with Gasteiger partial charge in [0.2, 0.25) is 10.0 Å². The zero-order valence-corrected chi connectivity index (χ0v) is 17.4. The fourth-order valence-electron chi connectivity index (χ4n) is 3.48. The number of piperidine rings is 1. The first-order valence-electron chi connectivity index (χ1n) is 9.84. The smallest absolute Gasteiger partial charge is 0.254 e. The summed E-state index contributed by atoms with van der Waals surface area (Å²) in [5.41, 5.74) is 1.45. The van der Waals surface area contributed by atoms with Gasteiger partial charge in [0.15, 0.2) is 0 Å². The summed E-state index contributed by atoms with van der Waals surface area (Å²) in [6.07, 6.45) is 2.83.